The minimum atomic E-state index is -1.08. The Hall–Kier alpha value is -2.20. The van der Waals surface area contributed by atoms with Crippen LogP contribution in [0.1, 0.15) is 27.3 Å². The SMILES string of the molecule is C[O+]=C1C(C=C(C)C(=O)O)=C(Cl)C(=O)c2ccccc21. The minimum absolute atomic E-state index is 0.0406. The van der Waals surface area contributed by atoms with Crippen LogP contribution < -0.4 is 0 Å². The molecule has 1 N–H and O–H groups in total. The highest BCUT2D eigenvalue weighted by atomic mass is 35.5. The predicted molar refractivity (Wildman–Crippen MR) is 75.3 cm³/mol. The van der Waals surface area contributed by atoms with Crippen LogP contribution in [-0.2, 0) is 4.79 Å². The van der Waals surface area contributed by atoms with Gasteiger partial charge in [-0.25, -0.2) is 4.79 Å². The molecule has 102 valence electrons. The molecule has 1 aliphatic carbocycles. The largest absolute Gasteiger partial charge is 0.478 e. The summed E-state index contributed by atoms with van der Waals surface area (Å²) in [5, 5.41) is 8.91. The predicted octanol–water partition coefficient (Wildman–Crippen LogP) is 2.75. The summed E-state index contributed by atoms with van der Waals surface area (Å²) in [7, 11) is 1.45. The van der Waals surface area contributed by atoms with Crippen LogP contribution in [0.2, 0.25) is 0 Å². The molecule has 0 radical (unpaired) electrons. The number of hydrogen-bond donors (Lipinski definition) is 1. The van der Waals surface area contributed by atoms with E-state index in [1.165, 1.54) is 20.1 Å². The molecule has 1 aromatic rings. The number of aliphatic carboxylic acids is 1. The number of rotatable bonds is 2. The first-order valence-electron chi connectivity index (χ1n) is 5.84. The van der Waals surface area contributed by atoms with Crippen LogP contribution in [0.3, 0.4) is 0 Å². The number of halogens is 1. The zero-order chi connectivity index (χ0) is 14.9. The van der Waals surface area contributed by atoms with E-state index in [-0.39, 0.29) is 22.0 Å². The fourth-order valence-electron chi connectivity index (χ4n) is 1.99. The van der Waals surface area contributed by atoms with Crippen LogP contribution in [0.15, 0.2) is 46.5 Å². The quantitative estimate of drug-likeness (QED) is 0.673. The molecule has 0 spiro atoms. The van der Waals surface area contributed by atoms with Gasteiger partial charge in [0.25, 0.3) is 7.11 Å². The van der Waals surface area contributed by atoms with Crippen molar-refractivity contribution in [3.05, 3.63) is 57.6 Å². The number of Topliss-reactive ketones (excluding diaryl/α,β-unsaturated/α-hetero) is 1. The lowest BCUT2D eigenvalue weighted by molar-refractivity contribution is -0.223. The highest BCUT2D eigenvalue weighted by molar-refractivity contribution is 6.50. The average Bonchev–Trinajstić information content (AvgIpc) is 2.44. The summed E-state index contributed by atoms with van der Waals surface area (Å²) in [5.41, 5.74) is 1.41. The Balaban J connectivity index is 2.69. The van der Waals surface area contributed by atoms with Gasteiger partial charge in [-0.15, -0.1) is 0 Å². The van der Waals surface area contributed by atoms with Gasteiger partial charge in [-0.1, -0.05) is 29.8 Å². The number of fused-ring (bicyclic) bond motifs is 1. The van der Waals surface area contributed by atoms with Crippen molar-refractivity contribution in [1.29, 1.82) is 0 Å². The monoisotopic (exact) mass is 291 g/mol. The molecule has 0 fully saturated rings. The maximum absolute atomic E-state index is 12.2. The topological polar surface area (TPSA) is 65.7 Å². The Labute approximate surface area is 120 Å². The van der Waals surface area contributed by atoms with Gasteiger partial charge < -0.3 is 5.11 Å². The van der Waals surface area contributed by atoms with Crippen LogP contribution in [0, 0.1) is 0 Å². The first-order valence-corrected chi connectivity index (χ1v) is 6.22. The third-order valence-corrected chi connectivity index (χ3v) is 3.37. The molecule has 0 unspecified atom stereocenters. The van der Waals surface area contributed by atoms with E-state index in [1.54, 1.807) is 24.3 Å². The van der Waals surface area contributed by atoms with E-state index in [9.17, 15) is 9.59 Å². The molecule has 0 aromatic heterocycles. The summed E-state index contributed by atoms with van der Waals surface area (Å²) in [4.78, 5) is 23.1. The second-order valence-corrected chi connectivity index (χ2v) is 4.65. The minimum Gasteiger partial charge on any atom is -0.478 e. The van der Waals surface area contributed by atoms with Gasteiger partial charge in [0.15, 0.2) is 0 Å². The highest BCUT2D eigenvalue weighted by Gasteiger charge is 2.35. The van der Waals surface area contributed by atoms with Gasteiger partial charge in [-0.05, 0) is 19.1 Å². The Morgan fingerprint density at radius 3 is 2.45 bits per heavy atom. The van der Waals surface area contributed by atoms with E-state index in [1.807, 2.05) is 0 Å². The van der Waals surface area contributed by atoms with Crippen molar-refractivity contribution in [2.75, 3.05) is 7.11 Å². The lowest BCUT2D eigenvalue weighted by Crippen LogP contribution is -2.20. The summed E-state index contributed by atoms with van der Waals surface area (Å²) in [6.45, 7) is 1.43. The number of hydrogen-bond acceptors (Lipinski definition) is 2. The van der Waals surface area contributed by atoms with E-state index in [0.717, 1.165) is 0 Å². The summed E-state index contributed by atoms with van der Waals surface area (Å²) < 4.78 is 5.31. The van der Waals surface area contributed by atoms with E-state index in [2.05, 4.69) is 0 Å². The number of carbonyl (C=O) groups excluding carboxylic acids is 2. The van der Waals surface area contributed by atoms with E-state index >= 15 is 0 Å². The molecule has 1 aromatic carbocycles. The van der Waals surface area contributed by atoms with Crippen molar-refractivity contribution in [3.63, 3.8) is 0 Å². The van der Waals surface area contributed by atoms with Crippen molar-refractivity contribution in [1.82, 2.24) is 0 Å². The van der Waals surface area contributed by atoms with E-state index in [0.29, 0.717) is 16.9 Å². The third kappa shape index (κ3) is 2.30. The van der Waals surface area contributed by atoms with Crippen molar-refractivity contribution in [2.45, 2.75) is 6.92 Å². The number of carboxylic acid groups (broad SMARTS) is 1. The van der Waals surface area contributed by atoms with E-state index < -0.39 is 5.97 Å². The van der Waals surface area contributed by atoms with Crippen LogP contribution in [0.4, 0.5) is 0 Å². The Morgan fingerprint density at radius 1 is 1.30 bits per heavy atom. The molecule has 0 saturated carbocycles. The molecule has 20 heavy (non-hydrogen) atoms. The summed E-state index contributed by atoms with van der Waals surface area (Å²) in [6, 6.07) is 6.90. The van der Waals surface area contributed by atoms with Gasteiger partial charge in [0, 0.05) is 11.1 Å². The third-order valence-electron chi connectivity index (χ3n) is 3.00. The number of carbonyl (C=O) groups is 2. The maximum atomic E-state index is 12.2. The van der Waals surface area contributed by atoms with Gasteiger partial charge in [-0.2, -0.15) is 0 Å². The van der Waals surface area contributed by atoms with Crippen LogP contribution >= 0.6 is 11.6 Å². The Morgan fingerprint density at radius 2 is 1.90 bits per heavy atom. The van der Waals surface area contributed by atoms with Crippen molar-refractivity contribution in [3.8, 4) is 0 Å². The van der Waals surface area contributed by atoms with Crippen LogP contribution in [0.5, 0.6) is 0 Å². The normalized spacial score (nSPS) is 17.4. The van der Waals surface area contributed by atoms with Gasteiger partial charge in [-0.3, -0.25) is 9.22 Å². The molecule has 0 bridgehead atoms. The zero-order valence-corrected chi connectivity index (χ0v) is 11.7. The standard InChI is InChI=1S/C15H11ClO4/c1-8(15(18)19)7-11-12(16)13(17)9-5-3-4-6-10(9)14(11)20-2/h3-7H,1-2H3/p+1. The number of carboxylic acids is 1. The fraction of sp³-hybridized carbons (Fsp3) is 0.133. The van der Waals surface area contributed by atoms with Crippen LogP contribution in [-0.4, -0.2) is 29.8 Å². The Bertz CT molecular complexity index is 696. The molecule has 0 amide bonds. The Kier molecular flexibility index (Phi) is 3.86. The van der Waals surface area contributed by atoms with Gasteiger partial charge >= 0.3 is 11.8 Å². The van der Waals surface area contributed by atoms with Crippen molar-refractivity contribution < 1.29 is 19.1 Å². The second-order valence-electron chi connectivity index (χ2n) is 4.27. The molecular formula is C15H12ClO4+. The zero-order valence-electron chi connectivity index (χ0n) is 10.9. The van der Waals surface area contributed by atoms with Crippen molar-refractivity contribution >= 4 is 29.1 Å². The molecular weight excluding hydrogens is 280 g/mol. The summed E-state index contributed by atoms with van der Waals surface area (Å²) in [5.74, 6) is -1.03. The van der Waals surface area contributed by atoms with Gasteiger partial charge in [0.2, 0.25) is 5.78 Å². The summed E-state index contributed by atoms with van der Waals surface area (Å²) in [6.07, 6.45) is 1.34. The lowest BCUT2D eigenvalue weighted by Gasteiger charge is -2.12. The smallest absolute Gasteiger partial charge is 0.359 e. The average molecular weight is 292 g/mol. The number of allylic oxidation sites excluding steroid dienone is 3. The molecule has 1 aliphatic rings. The van der Waals surface area contributed by atoms with Crippen LogP contribution in [0.25, 0.3) is 0 Å². The molecule has 5 heteroatoms. The summed E-state index contributed by atoms with van der Waals surface area (Å²) >= 11 is 6.07. The van der Waals surface area contributed by atoms with E-state index in [4.69, 9.17) is 21.1 Å². The molecule has 0 saturated heterocycles. The first kappa shape index (κ1) is 14.2. The lowest BCUT2D eigenvalue weighted by atomic mass is 9.88. The second kappa shape index (κ2) is 5.43. The molecule has 0 heterocycles. The molecule has 4 nitrogen and oxygen atoms in total. The molecule has 0 atom stereocenters. The van der Waals surface area contributed by atoms with Gasteiger partial charge in [0.1, 0.15) is 10.6 Å². The number of ketones is 2. The molecule has 2 rings (SSSR count). The fourth-order valence-corrected chi connectivity index (χ4v) is 2.23. The first-order chi connectivity index (χ1) is 9.47. The van der Waals surface area contributed by atoms with Crippen molar-refractivity contribution in [2.24, 2.45) is 0 Å². The molecule has 0 aliphatic heterocycles. The van der Waals surface area contributed by atoms with Gasteiger partial charge in [0.05, 0.1) is 5.56 Å². The highest BCUT2D eigenvalue weighted by Crippen LogP contribution is 2.30. The maximum Gasteiger partial charge on any atom is 0.359 e. The number of benzene rings is 1.